The molecule has 0 N–H and O–H groups in total. The Labute approximate surface area is 203 Å². The maximum absolute atomic E-state index is 13.5. The van der Waals surface area contributed by atoms with Gasteiger partial charge in [-0.3, -0.25) is 9.59 Å². The number of benzene rings is 2. The average molecular weight is 482 g/mol. The molecule has 1 saturated heterocycles. The van der Waals surface area contributed by atoms with Gasteiger partial charge in [-0.2, -0.15) is 5.10 Å². The summed E-state index contributed by atoms with van der Waals surface area (Å²) in [6.45, 7) is 3.15. The Morgan fingerprint density at radius 2 is 1.76 bits per heavy atom. The Kier molecular flexibility index (Phi) is 6.02. The molecule has 1 aromatic heterocycles. The Hall–Kier alpha value is -2.63. The van der Waals surface area contributed by atoms with E-state index in [2.05, 4.69) is 19.1 Å². The van der Waals surface area contributed by atoms with E-state index >= 15 is 0 Å². The lowest BCUT2D eigenvalue weighted by Crippen LogP contribution is -2.40. The number of aryl methyl sites for hydroxylation is 1. The number of hydrogen-bond donors (Lipinski definition) is 0. The molecule has 0 unspecified atom stereocenters. The van der Waals surface area contributed by atoms with E-state index < -0.39 is 0 Å². The Morgan fingerprint density at radius 3 is 2.48 bits per heavy atom. The quantitative estimate of drug-likeness (QED) is 0.448. The summed E-state index contributed by atoms with van der Waals surface area (Å²) in [6, 6.07) is 13.1. The molecule has 2 aliphatic rings. The van der Waals surface area contributed by atoms with Crippen LogP contribution >= 0.6 is 23.2 Å². The number of Topliss-reactive ketones (excluding diaryl/α,β-unsaturated/α-hetero) is 1. The maximum atomic E-state index is 13.5. The fraction of sp³-hybridized carbons (Fsp3) is 0.346. The maximum Gasteiger partial charge on any atom is 0.274 e. The van der Waals surface area contributed by atoms with Gasteiger partial charge >= 0.3 is 0 Å². The van der Waals surface area contributed by atoms with Crippen LogP contribution in [0.2, 0.25) is 10.0 Å². The number of nitrogens with zero attached hydrogens (tertiary/aromatic N) is 3. The van der Waals surface area contributed by atoms with Gasteiger partial charge in [-0.25, -0.2) is 4.68 Å². The molecule has 5 nitrogen and oxygen atoms in total. The van der Waals surface area contributed by atoms with Gasteiger partial charge in [-0.15, -0.1) is 0 Å². The molecule has 1 aliphatic heterocycles. The Bertz CT molecular complexity index is 1240. The zero-order chi connectivity index (χ0) is 23.1. The predicted octanol–water partition coefficient (Wildman–Crippen LogP) is 5.71. The number of ketones is 1. The normalized spacial score (nSPS) is 16.2. The molecule has 7 heteroatoms. The van der Waals surface area contributed by atoms with Crippen LogP contribution in [-0.2, 0) is 12.8 Å². The number of aromatic nitrogens is 2. The molecule has 170 valence electrons. The number of fused-ring (bicyclic) bond motifs is 1. The summed E-state index contributed by atoms with van der Waals surface area (Å²) in [5.74, 6) is -0.0900. The fourth-order valence-electron chi connectivity index (χ4n) is 4.99. The van der Waals surface area contributed by atoms with Crippen LogP contribution in [0.25, 0.3) is 5.69 Å². The van der Waals surface area contributed by atoms with Gasteiger partial charge in [0.15, 0.2) is 11.5 Å². The number of piperidine rings is 1. The summed E-state index contributed by atoms with van der Waals surface area (Å²) in [4.78, 5) is 28.2. The Morgan fingerprint density at radius 1 is 1.00 bits per heavy atom. The van der Waals surface area contributed by atoms with Crippen molar-refractivity contribution < 1.29 is 9.59 Å². The van der Waals surface area contributed by atoms with Crippen LogP contribution in [0.1, 0.15) is 56.9 Å². The SMILES string of the molecule is Cc1ccccc1-n1nc(C(=O)N2CCC(C(=O)c3ccc(Cl)c(Cl)c3)CC2)c2c1CCC2. The minimum absolute atomic E-state index is 0.0269. The number of para-hydroxylation sites is 1. The molecule has 2 heterocycles. The highest BCUT2D eigenvalue weighted by molar-refractivity contribution is 6.42. The van der Waals surface area contributed by atoms with Crippen molar-refractivity contribution in [1.29, 1.82) is 0 Å². The minimum atomic E-state index is -0.124. The van der Waals surface area contributed by atoms with Crippen molar-refractivity contribution in [2.24, 2.45) is 5.92 Å². The van der Waals surface area contributed by atoms with Crippen LogP contribution in [0.5, 0.6) is 0 Å². The number of likely N-dealkylation sites (tertiary alicyclic amines) is 1. The number of carbonyl (C=O) groups is 2. The van der Waals surface area contributed by atoms with Gasteiger partial charge in [0, 0.05) is 35.8 Å². The van der Waals surface area contributed by atoms with Gasteiger partial charge in [0.05, 0.1) is 15.7 Å². The van der Waals surface area contributed by atoms with Gasteiger partial charge in [0.25, 0.3) is 5.91 Å². The second kappa shape index (κ2) is 8.96. The third-order valence-electron chi connectivity index (χ3n) is 6.83. The summed E-state index contributed by atoms with van der Waals surface area (Å²) in [5.41, 5.74) is 5.54. The van der Waals surface area contributed by atoms with Crippen molar-refractivity contribution in [3.8, 4) is 5.69 Å². The molecule has 0 atom stereocenters. The lowest BCUT2D eigenvalue weighted by Gasteiger charge is -2.31. The fourth-order valence-corrected chi connectivity index (χ4v) is 5.29. The number of rotatable bonds is 4. The number of carbonyl (C=O) groups excluding carboxylic acids is 2. The van der Waals surface area contributed by atoms with E-state index in [0.717, 1.165) is 41.8 Å². The van der Waals surface area contributed by atoms with Gasteiger partial charge in [0.2, 0.25) is 0 Å². The van der Waals surface area contributed by atoms with Gasteiger partial charge in [0.1, 0.15) is 0 Å². The molecular formula is C26H25Cl2N3O2. The van der Waals surface area contributed by atoms with Crippen LogP contribution in [-0.4, -0.2) is 39.5 Å². The van der Waals surface area contributed by atoms with Crippen molar-refractivity contribution in [1.82, 2.24) is 14.7 Å². The van der Waals surface area contributed by atoms with E-state index in [1.54, 1.807) is 18.2 Å². The molecule has 0 bridgehead atoms. The van der Waals surface area contributed by atoms with E-state index in [1.165, 1.54) is 0 Å². The molecular weight excluding hydrogens is 457 g/mol. The van der Waals surface area contributed by atoms with Crippen LogP contribution in [0.4, 0.5) is 0 Å². The third kappa shape index (κ3) is 4.09. The van der Waals surface area contributed by atoms with Crippen LogP contribution in [0, 0.1) is 12.8 Å². The van der Waals surface area contributed by atoms with Gasteiger partial charge in [-0.1, -0.05) is 41.4 Å². The van der Waals surface area contributed by atoms with Crippen molar-refractivity contribution in [2.75, 3.05) is 13.1 Å². The molecule has 0 radical (unpaired) electrons. The van der Waals surface area contributed by atoms with Crippen LogP contribution < -0.4 is 0 Å². The first-order chi connectivity index (χ1) is 15.9. The van der Waals surface area contributed by atoms with Crippen molar-refractivity contribution in [3.05, 3.63) is 80.6 Å². The van der Waals surface area contributed by atoms with E-state index in [9.17, 15) is 9.59 Å². The van der Waals surface area contributed by atoms with Crippen LogP contribution in [0.15, 0.2) is 42.5 Å². The van der Waals surface area contributed by atoms with Gasteiger partial charge < -0.3 is 4.90 Å². The summed E-state index contributed by atoms with van der Waals surface area (Å²) in [7, 11) is 0. The third-order valence-corrected chi connectivity index (χ3v) is 7.57. The first-order valence-corrected chi connectivity index (χ1v) is 12.1. The molecule has 2 aromatic carbocycles. The largest absolute Gasteiger partial charge is 0.337 e. The zero-order valence-electron chi connectivity index (χ0n) is 18.5. The van der Waals surface area contributed by atoms with E-state index in [1.807, 2.05) is 21.7 Å². The van der Waals surface area contributed by atoms with Crippen molar-refractivity contribution in [2.45, 2.75) is 39.0 Å². The van der Waals surface area contributed by atoms with E-state index in [4.69, 9.17) is 28.3 Å². The summed E-state index contributed by atoms with van der Waals surface area (Å²) >= 11 is 12.1. The molecule has 1 amide bonds. The lowest BCUT2D eigenvalue weighted by molar-refractivity contribution is 0.0644. The number of halogens is 2. The second-order valence-electron chi connectivity index (χ2n) is 8.89. The molecule has 0 saturated carbocycles. The lowest BCUT2D eigenvalue weighted by atomic mass is 9.88. The molecule has 33 heavy (non-hydrogen) atoms. The summed E-state index contributed by atoms with van der Waals surface area (Å²) in [5, 5.41) is 5.61. The number of amides is 1. The Balaban J connectivity index is 1.33. The highest BCUT2D eigenvalue weighted by Gasteiger charge is 2.33. The first-order valence-electron chi connectivity index (χ1n) is 11.4. The highest BCUT2D eigenvalue weighted by Crippen LogP contribution is 2.31. The summed E-state index contributed by atoms with van der Waals surface area (Å²) in [6.07, 6.45) is 4.12. The van der Waals surface area contributed by atoms with Crippen molar-refractivity contribution in [3.63, 3.8) is 0 Å². The van der Waals surface area contributed by atoms with Crippen LogP contribution in [0.3, 0.4) is 0 Å². The molecule has 1 fully saturated rings. The molecule has 0 spiro atoms. The molecule has 5 rings (SSSR count). The van der Waals surface area contributed by atoms with E-state index in [0.29, 0.717) is 47.2 Å². The van der Waals surface area contributed by atoms with Crippen molar-refractivity contribution >= 4 is 34.9 Å². The molecule has 1 aliphatic carbocycles. The monoisotopic (exact) mass is 481 g/mol. The number of hydrogen-bond acceptors (Lipinski definition) is 3. The first kappa shape index (κ1) is 22.2. The highest BCUT2D eigenvalue weighted by atomic mass is 35.5. The topological polar surface area (TPSA) is 55.2 Å². The smallest absolute Gasteiger partial charge is 0.274 e. The van der Waals surface area contributed by atoms with E-state index in [-0.39, 0.29) is 17.6 Å². The minimum Gasteiger partial charge on any atom is -0.337 e. The second-order valence-corrected chi connectivity index (χ2v) is 9.70. The summed E-state index contributed by atoms with van der Waals surface area (Å²) < 4.78 is 1.96. The standard InChI is InChI=1S/C26H25Cl2N3O2/c1-16-5-2-3-7-22(16)31-23-8-4-6-19(23)24(29-31)26(33)30-13-11-17(12-14-30)25(32)18-9-10-20(27)21(28)15-18/h2-3,5,7,9-10,15,17H,4,6,8,11-14H2,1H3. The average Bonchev–Trinajstić information content (AvgIpc) is 3.44. The van der Waals surface area contributed by atoms with Gasteiger partial charge in [-0.05, 0) is 68.9 Å². The molecule has 3 aromatic rings. The predicted molar refractivity (Wildman–Crippen MR) is 130 cm³/mol. The zero-order valence-corrected chi connectivity index (χ0v) is 20.0.